The molecule has 4 rings (SSSR count). The standard InChI is InChI=1S/C33H32N2O5/c1-24(36)31(35-33(38)26-17-21-30(22-18-26)40-28-12-6-3-7-13-28)14-8-9-23-34-32(37)25-15-19-29(20-16-25)39-27-10-4-2-5-11-27/h2-7,10-13,15-22,31H,8-9,14,23H2,1H3,(H,34,37)(H,35,38). The van der Waals surface area contributed by atoms with Gasteiger partial charge in [-0.2, -0.15) is 0 Å². The zero-order valence-electron chi connectivity index (χ0n) is 22.3. The lowest BCUT2D eigenvalue weighted by molar-refractivity contribution is -0.119. The first-order valence-electron chi connectivity index (χ1n) is 13.2. The third kappa shape index (κ3) is 8.56. The van der Waals surface area contributed by atoms with Crippen molar-refractivity contribution in [3.8, 4) is 23.0 Å². The van der Waals surface area contributed by atoms with Gasteiger partial charge in [-0.1, -0.05) is 36.4 Å². The van der Waals surface area contributed by atoms with Crippen LogP contribution in [0, 0.1) is 0 Å². The van der Waals surface area contributed by atoms with Gasteiger partial charge in [0.1, 0.15) is 23.0 Å². The van der Waals surface area contributed by atoms with Crippen LogP contribution < -0.4 is 20.1 Å². The zero-order valence-corrected chi connectivity index (χ0v) is 22.3. The Balaban J connectivity index is 1.18. The van der Waals surface area contributed by atoms with Gasteiger partial charge < -0.3 is 20.1 Å². The van der Waals surface area contributed by atoms with E-state index in [1.54, 1.807) is 48.5 Å². The lowest BCUT2D eigenvalue weighted by Crippen LogP contribution is -2.39. The molecule has 0 fully saturated rings. The van der Waals surface area contributed by atoms with E-state index in [0.717, 1.165) is 5.75 Å². The molecule has 0 heterocycles. The predicted molar refractivity (Wildman–Crippen MR) is 154 cm³/mol. The predicted octanol–water partition coefficient (Wildman–Crippen LogP) is 6.56. The van der Waals surface area contributed by atoms with E-state index >= 15 is 0 Å². The molecule has 2 amide bonds. The Morgan fingerprint density at radius 1 is 0.600 bits per heavy atom. The minimum absolute atomic E-state index is 0.112. The summed E-state index contributed by atoms with van der Waals surface area (Å²) in [6.45, 7) is 1.93. The fourth-order valence-corrected chi connectivity index (χ4v) is 3.99. The average Bonchev–Trinajstić information content (AvgIpc) is 2.98. The highest BCUT2D eigenvalue weighted by atomic mass is 16.5. The van der Waals surface area contributed by atoms with Crippen LogP contribution in [0.2, 0.25) is 0 Å². The van der Waals surface area contributed by atoms with E-state index in [9.17, 15) is 14.4 Å². The molecular weight excluding hydrogens is 504 g/mol. The highest BCUT2D eigenvalue weighted by Crippen LogP contribution is 2.22. The van der Waals surface area contributed by atoms with Crippen LogP contribution in [0.1, 0.15) is 46.9 Å². The second-order valence-electron chi connectivity index (χ2n) is 9.27. The van der Waals surface area contributed by atoms with Crippen molar-refractivity contribution in [1.29, 1.82) is 0 Å². The number of rotatable bonds is 13. The van der Waals surface area contributed by atoms with Crippen molar-refractivity contribution in [2.45, 2.75) is 32.2 Å². The Bertz CT molecular complexity index is 1390. The van der Waals surface area contributed by atoms with E-state index in [1.807, 2.05) is 60.7 Å². The Kier molecular flexibility index (Phi) is 10.0. The van der Waals surface area contributed by atoms with Crippen molar-refractivity contribution in [3.63, 3.8) is 0 Å². The van der Waals surface area contributed by atoms with Crippen molar-refractivity contribution in [3.05, 3.63) is 120 Å². The normalized spacial score (nSPS) is 11.2. The Labute approximate surface area is 234 Å². The summed E-state index contributed by atoms with van der Waals surface area (Å²) in [4.78, 5) is 37.3. The summed E-state index contributed by atoms with van der Waals surface area (Å²) in [6, 6.07) is 31.9. The number of hydrogen-bond donors (Lipinski definition) is 2. The molecule has 4 aromatic carbocycles. The van der Waals surface area contributed by atoms with Gasteiger partial charge >= 0.3 is 0 Å². The highest BCUT2D eigenvalue weighted by molar-refractivity contribution is 5.97. The van der Waals surface area contributed by atoms with Gasteiger partial charge in [0.15, 0.2) is 5.78 Å². The molecule has 0 saturated heterocycles. The smallest absolute Gasteiger partial charge is 0.251 e. The number of unbranched alkanes of at least 4 members (excludes halogenated alkanes) is 1. The Morgan fingerprint density at radius 3 is 1.52 bits per heavy atom. The van der Waals surface area contributed by atoms with Crippen LogP contribution in [0.25, 0.3) is 0 Å². The number of Topliss-reactive ketones (excluding diaryl/α,β-unsaturated/α-hetero) is 1. The van der Waals surface area contributed by atoms with E-state index in [-0.39, 0.29) is 17.6 Å². The van der Waals surface area contributed by atoms with E-state index < -0.39 is 6.04 Å². The second kappa shape index (κ2) is 14.3. The third-order valence-corrected chi connectivity index (χ3v) is 6.19. The zero-order chi connectivity index (χ0) is 28.2. The maximum atomic E-state index is 12.7. The highest BCUT2D eigenvalue weighted by Gasteiger charge is 2.18. The summed E-state index contributed by atoms with van der Waals surface area (Å²) in [5, 5.41) is 5.72. The third-order valence-electron chi connectivity index (χ3n) is 6.19. The summed E-state index contributed by atoms with van der Waals surface area (Å²) in [5.41, 5.74) is 0.980. The van der Waals surface area contributed by atoms with Gasteiger partial charge in [0.2, 0.25) is 0 Å². The molecule has 0 aromatic heterocycles. The van der Waals surface area contributed by atoms with Crippen molar-refractivity contribution >= 4 is 17.6 Å². The number of carbonyl (C=O) groups is 3. The molecule has 0 spiro atoms. The molecule has 1 unspecified atom stereocenters. The summed E-state index contributed by atoms with van der Waals surface area (Å²) in [5.74, 6) is 2.09. The first-order chi connectivity index (χ1) is 19.5. The molecule has 2 N–H and O–H groups in total. The van der Waals surface area contributed by atoms with Gasteiger partial charge in [-0.05, 0) is 99.0 Å². The molecule has 40 heavy (non-hydrogen) atoms. The lowest BCUT2D eigenvalue weighted by Gasteiger charge is -2.16. The SMILES string of the molecule is CC(=O)C(CCCCNC(=O)c1ccc(Oc2ccccc2)cc1)NC(=O)c1ccc(Oc2ccccc2)cc1. The van der Waals surface area contributed by atoms with Gasteiger partial charge in [0.25, 0.3) is 11.8 Å². The van der Waals surface area contributed by atoms with Gasteiger partial charge in [0.05, 0.1) is 6.04 Å². The molecule has 1 atom stereocenters. The number of ether oxygens (including phenoxy) is 2. The van der Waals surface area contributed by atoms with Crippen LogP contribution >= 0.6 is 0 Å². The number of para-hydroxylation sites is 2. The molecular formula is C33H32N2O5. The molecule has 0 aliphatic rings. The topological polar surface area (TPSA) is 93.7 Å². The number of nitrogens with one attached hydrogen (secondary N) is 2. The molecule has 0 saturated carbocycles. The minimum Gasteiger partial charge on any atom is -0.457 e. The number of ketones is 1. The Hall–Kier alpha value is -4.91. The summed E-state index contributed by atoms with van der Waals surface area (Å²) in [6.07, 6.45) is 1.82. The maximum Gasteiger partial charge on any atom is 0.251 e. The average molecular weight is 537 g/mol. The van der Waals surface area contributed by atoms with Crippen LogP contribution in [0.4, 0.5) is 0 Å². The Morgan fingerprint density at radius 2 is 1.05 bits per heavy atom. The van der Waals surface area contributed by atoms with Gasteiger partial charge in [0, 0.05) is 17.7 Å². The van der Waals surface area contributed by atoms with Crippen LogP contribution in [0.5, 0.6) is 23.0 Å². The van der Waals surface area contributed by atoms with Crippen LogP contribution in [0.3, 0.4) is 0 Å². The first kappa shape index (κ1) is 28.1. The minimum atomic E-state index is -0.597. The maximum absolute atomic E-state index is 12.7. The fourth-order valence-electron chi connectivity index (χ4n) is 3.99. The van der Waals surface area contributed by atoms with Crippen LogP contribution in [0.15, 0.2) is 109 Å². The van der Waals surface area contributed by atoms with E-state index in [1.165, 1.54) is 6.92 Å². The van der Waals surface area contributed by atoms with Crippen molar-refractivity contribution in [2.24, 2.45) is 0 Å². The monoisotopic (exact) mass is 536 g/mol. The van der Waals surface area contributed by atoms with E-state index in [2.05, 4.69) is 10.6 Å². The molecule has 0 aliphatic carbocycles. The van der Waals surface area contributed by atoms with E-state index in [0.29, 0.717) is 54.2 Å². The fraction of sp³-hybridized carbons (Fsp3) is 0.182. The lowest BCUT2D eigenvalue weighted by atomic mass is 10.1. The summed E-state index contributed by atoms with van der Waals surface area (Å²) >= 11 is 0. The summed E-state index contributed by atoms with van der Waals surface area (Å²) in [7, 11) is 0. The van der Waals surface area contributed by atoms with Crippen molar-refractivity contribution in [2.75, 3.05) is 6.54 Å². The second-order valence-corrected chi connectivity index (χ2v) is 9.27. The molecule has 7 heteroatoms. The van der Waals surface area contributed by atoms with Crippen molar-refractivity contribution < 1.29 is 23.9 Å². The largest absolute Gasteiger partial charge is 0.457 e. The molecule has 204 valence electrons. The first-order valence-corrected chi connectivity index (χ1v) is 13.2. The van der Waals surface area contributed by atoms with Crippen LogP contribution in [-0.2, 0) is 4.79 Å². The van der Waals surface area contributed by atoms with Gasteiger partial charge in [-0.3, -0.25) is 14.4 Å². The molecule has 7 nitrogen and oxygen atoms in total. The summed E-state index contributed by atoms with van der Waals surface area (Å²) < 4.78 is 11.5. The molecule has 0 aliphatic heterocycles. The molecule has 0 radical (unpaired) electrons. The van der Waals surface area contributed by atoms with Crippen LogP contribution in [-0.4, -0.2) is 30.2 Å². The molecule has 0 bridgehead atoms. The quantitative estimate of drug-likeness (QED) is 0.189. The van der Waals surface area contributed by atoms with Crippen molar-refractivity contribution in [1.82, 2.24) is 10.6 Å². The van der Waals surface area contributed by atoms with Gasteiger partial charge in [-0.25, -0.2) is 0 Å². The number of benzene rings is 4. The number of amides is 2. The number of hydrogen-bond acceptors (Lipinski definition) is 5. The molecule has 4 aromatic rings. The van der Waals surface area contributed by atoms with Gasteiger partial charge in [-0.15, -0.1) is 0 Å². The van der Waals surface area contributed by atoms with E-state index in [4.69, 9.17) is 9.47 Å². The number of carbonyl (C=O) groups excluding carboxylic acids is 3.